The van der Waals surface area contributed by atoms with E-state index in [1.54, 1.807) is 25.8 Å². The fraction of sp³-hybridized carbons (Fsp3) is 0.600. The third-order valence-corrected chi connectivity index (χ3v) is 8.45. The van der Waals surface area contributed by atoms with Gasteiger partial charge in [-0.25, -0.2) is 4.79 Å². The summed E-state index contributed by atoms with van der Waals surface area (Å²) in [5, 5.41) is 7.12. The number of aliphatic carboxylic acids is 1. The van der Waals surface area contributed by atoms with Gasteiger partial charge in [-0.3, -0.25) is 24.2 Å². The lowest BCUT2D eigenvalue weighted by atomic mass is 9.77. The molecule has 4 atom stereocenters. The second-order valence-corrected chi connectivity index (χ2v) is 10.3. The zero-order valence-electron chi connectivity index (χ0n) is 21.5. The minimum absolute atomic E-state index is 0.191. The van der Waals surface area contributed by atoms with Gasteiger partial charge < -0.3 is 14.6 Å². The van der Waals surface area contributed by atoms with Gasteiger partial charge in [0, 0.05) is 17.5 Å². The number of nitrogens with zero attached hydrogens (tertiary/aromatic N) is 2. The number of carbonyl (C=O) groups is 4. The van der Waals surface area contributed by atoms with Crippen LogP contribution in [0.1, 0.15) is 44.7 Å². The molecule has 3 fully saturated rings. The molecule has 2 amide bonds. The first-order valence-corrected chi connectivity index (χ1v) is 13.2. The van der Waals surface area contributed by atoms with Gasteiger partial charge in [0.25, 0.3) is 0 Å². The zero-order chi connectivity index (χ0) is 28.4. The molecule has 0 aliphatic carbocycles. The molecular formula is C25H31F3N2O7S. The number of ether oxygens (including phenoxy) is 2. The number of esters is 1. The molecule has 3 aliphatic rings. The van der Waals surface area contributed by atoms with Crippen LogP contribution in [-0.2, 0) is 23.9 Å². The maximum Gasteiger partial charge on any atom is 0.490 e. The number of amides is 2. The molecule has 3 heterocycles. The van der Waals surface area contributed by atoms with Crippen molar-refractivity contribution in [3.8, 4) is 5.75 Å². The Balaban J connectivity index is 0.000000505. The maximum absolute atomic E-state index is 13.4. The first-order chi connectivity index (χ1) is 17.9. The van der Waals surface area contributed by atoms with Crippen LogP contribution in [0, 0.1) is 11.8 Å². The van der Waals surface area contributed by atoms with Gasteiger partial charge >= 0.3 is 18.1 Å². The Kier molecular flexibility index (Phi) is 9.02. The first kappa shape index (κ1) is 29.8. The highest BCUT2D eigenvalue weighted by molar-refractivity contribution is 7.99. The van der Waals surface area contributed by atoms with Crippen LogP contribution in [0.3, 0.4) is 0 Å². The van der Waals surface area contributed by atoms with Gasteiger partial charge in [-0.1, -0.05) is 13.0 Å². The predicted octanol–water partition coefficient (Wildman–Crippen LogP) is 3.51. The van der Waals surface area contributed by atoms with Crippen LogP contribution >= 0.6 is 11.8 Å². The monoisotopic (exact) mass is 560 g/mol. The summed E-state index contributed by atoms with van der Waals surface area (Å²) in [6.45, 7) is 4.89. The summed E-state index contributed by atoms with van der Waals surface area (Å²) in [7, 11) is 3.00. The van der Waals surface area contributed by atoms with Gasteiger partial charge in [-0.05, 0) is 56.2 Å². The number of thioether (sulfide) groups is 1. The van der Waals surface area contributed by atoms with Gasteiger partial charge in [0.1, 0.15) is 11.3 Å². The van der Waals surface area contributed by atoms with Gasteiger partial charge in [0.05, 0.1) is 26.1 Å². The minimum Gasteiger partial charge on any atom is -0.496 e. The molecule has 0 spiro atoms. The van der Waals surface area contributed by atoms with Gasteiger partial charge in [0.15, 0.2) is 0 Å². The molecule has 1 aromatic rings. The van der Waals surface area contributed by atoms with Crippen molar-refractivity contribution >= 4 is 35.5 Å². The van der Waals surface area contributed by atoms with E-state index in [1.807, 2.05) is 18.2 Å². The van der Waals surface area contributed by atoms with E-state index in [2.05, 4.69) is 11.8 Å². The van der Waals surface area contributed by atoms with E-state index in [-0.39, 0.29) is 17.9 Å². The molecule has 4 rings (SSSR count). The number of hydrogen-bond donors (Lipinski definition) is 1. The summed E-state index contributed by atoms with van der Waals surface area (Å²) in [6.07, 6.45) is -2.72. The second-order valence-electron chi connectivity index (χ2n) is 9.14. The molecule has 1 aromatic carbocycles. The van der Waals surface area contributed by atoms with E-state index in [0.717, 1.165) is 34.8 Å². The molecule has 0 bridgehead atoms. The number of carbonyl (C=O) groups excluding carboxylic acids is 3. The molecule has 0 radical (unpaired) electrons. The van der Waals surface area contributed by atoms with Crippen molar-refractivity contribution in [1.29, 1.82) is 0 Å². The summed E-state index contributed by atoms with van der Waals surface area (Å²) < 4.78 is 42.6. The average Bonchev–Trinajstić information content (AvgIpc) is 3.50. The van der Waals surface area contributed by atoms with Crippen LogP contribution in [0.15, 0.2) is 23.1 Å². The fourth-order valence-corrected chi connectivity index (χ4v) is 6.64. The van der Waals surface area contributed by atoms with Crippen LogP contribution in [0.2, 0.25) is 0 Å². The third-order valence-electron chi connectivity index (χ3n) is 7.19. The number of alkyl halides is 3. The SMILES string of the molecule is CCCSc1ccc(C2C3C(=O)N(CC)C(=O)C3[C@]3(C(=O)OC)CCCN23)cc1OC.O=C(O)C(F)(F)F. The van der Waals surface area contributed by atoms with E-state index in [0.29, 0.717) is 19.5 Å². The van der Waals surface area contributed by atoms with E-state index in [9.17, 15) is 27.6 Å². The lowest BCUT2D eigenvalue weighted by molar-refractivity contribution is -0.192. The topological polar surface area (TPSA) is 113 Å². The van der Waals surface area contributed by atoms with Gasteiger partial charge in [0.2, 0.25) is 11.8 Å². The molecular weight excluding hydrogens is 529 g/mol. The third kappa shape index (κ3) is 4.97. The van der Waals surface area contributed by atoms with Crippen molar-refractivity contribution in [2.45, 2.75) is 55.8 Å². The van der Waals surface area contributed by atoms with E-state index < -0.39 is 35.5 Å². The summed E-state index contributed by atoms with van der Waals surface area (Å²) in [5.41, 5.74) is -0.177. The number of methoxy groups -OCH3 is 2. The number of imide groups is 1. The Bertz CT molecular complexity index is 1100. The molecule has 0 aromatic heterocycles. The highest BCUT2D eigenvalue weighted by atomic mass is 32.2. The molecule has 1 N–H and O–H groups in total. The lowest BCUT2D eigenvalue weighted by Crippen LogP contribution is -2.54. The van der Waals surface area contributed by atoms with Crippen molar-refractivity contribution in [1.82, 2.24) is 9.80 Å². The Morgan fingerprint density at radius 3 is 2.37 bits per heavy atom. The Hall–Kier alpha value is -2.80. The van der Waals surface area contributed by atoms with Crippen molar-refractivity contribution in [3.63, 3.8) is 0 Å². The Morgan fingerprint density at radius 1 is 1.18 bits per heavy atom. The molecule has 13 heteroatoms. The summed E-state index contributed by atoms with van der Waals surface area (Å²) in [6, 6.07) is 5.65. The van der Waals surface area contributed by atoms with Crippen LogP contribution < -0.4 is 4.74 Å². The van der Waals surface area contributed by atoms with Crippen molar-refractivity contribution < 1.29 is 46.9 Å². The molecule has 0 saturated carbocycles. The van der Waals surface area contributed by atoms with Crippen molar-refractivity contribution in [3.05, 3.63) is 23.8 Å². The van der Waals surface area contributed by atoms with E-state index in [4.69, 9.17) is 19.4 Å². The standard InChI is InChI=1S/C23H30N2O5S.C2HF3O2/c1-5-12-31-16-9-8-14(13-15(16)29-3)19-17-18(21(27)24(6-2)20(17)26)23(22(28)30-4)10-7-11-25(19)23;3-2(4,5)1(6)7/h8-9,13,17-19H,5-7,10-12H2,1-4H3;(H,6,7)/t17?,18?,19?,23-;/m0./s1. The zero-order valence-corrected chi connectivity index (χ0v) is 22.4. The van der Waals surface area contributed by atoms with E-state index in [1.165, 1.54) is 12.0 Å². The van der Waals surface area contributed by atoms with Crippen LogP contribution in [0.25, 0.3) is 0 Å². The number of carboxylic acid groups (broad SMARTS) is 1. The molecule has 38 heavy (non-hydrogen) atoms. The number of likely N-dealkylation sites (tertiary alicyclic amines) is 1. The maximum atomic E-state index is 13.4. The molecule has 3 saturated heterocycles. The number of hydrogen-bond acceptors (Lipinski definition) is 8. The fourth-order valence-electron chi connectivity index (χ4n) is 5.77. The average molecular weight is 561 g/mol. The van der Waals surface area contributed by atoms with E-state index >= 15 is 0 Å². The Morgan fingerprint density at radius 2 is 1.84 bits per heavy atom. The largest absolute Gasteiger partial charge is 0.496 e. The van der Waals surface area contributed by atoms with Crippen LogP contribution in [0.5, 0.6) is 5.75 Å². The molecule has 210 valence electrons. The Labute approximate surface area is 222 Å². The first-order valence-electron chi connectivity index (χ1n) is 12.2. The summed E-state index contributed by atoms with van der Waals surface area (Å²) in [4.78, 5) is 53.1. The predicted molar refractivity (Wildman–Crippen MR) is 131 cm³/mol. The van der Waals surface area contributed by atoms with Gasteiger partial charge in [-0.2, -0.15) is 13.2 Å². The van der Waals surface area contributed by atoms with Crippen LogP contribution in [-0.4, -0.2) is 83.4 Å². The lowest BCUT2D eigenvalue weighted by Gasteiger charge is -2.36. The number of carboxylic acids is 1. The highest BCUT2D eigenvalue weighted by Crippen LogP contribution is 2.59. The molecule has 3 aliphatic heterocycles. The number of rotatable bonds is 7. The number of fused-ring (bicyclic) bond motifs is 3. The smallest absolute Gasteiger partial charge is 0.490 e. The molecule has 3 unspecified atom stereocenters. The number of benzene rings is 1. The summed E-state index contributed by atoms with van der Waals surface area (Å²) in [5.74, 6) is -3.17. The molecule has 9 nitrogen and oxygen atoms in total. The highest BCUT2D eigenvalue weighted by Gasteiger charge is 2.73. The number of halogens is 3. The summed E-state index contributed by atoms with van der Waals surface area (Å²) >= 11 is 1.73. The van der Waals surface area contributed by atoms with Crippen molar-refractivity contribution in [2.24, 2.45) is 11.8 Å². The quantitative estimate of drug-likeness (QED) is 0.304. The normalized spacial score (nSPS) is 26.5. The van der Waals surface area contributed by atoms with Gasteiger partial charge in [-0.15, -0.1) is 11.8 Å². The van der Waals surface area contributed by atoms with Crippen LogP contribution in [0.4, 0.5) is 13.2 Å². The second kappa shape index (κ2) is 11.5. The van der Waals surface area contributed by atoms with Crippen molar-refractivity contribution in [2.75, 3.05) is 33.1 Å². The minimum atomic E-state index is -5.08.